The summed E-state index contributed by atoms with van der Waals surface area (Å²) in [6, 6.07) is 6.57. The molecule has 1 heterocycles. The number of hydrogen-bond donors (Lipinski definition) is 1. The highest BCUT2D eigenvalue weighted by Crippen LogP contribution is 2.30. The van der Waals surface area contributed by atoms with Crippen molar-refractivity contribution in [3.8, 4) is 0 Å². The van der Waals surface area contributed by atoms with E-state index in [0.29, 0.717) is 16.5 Å². The van der Waals surface area contributed by atoms with Crippen LogP contribution in [0.25, 0.3) is 0 Å². The largest absolute Gasteiger partial charge is 0.366 e. The molecule has 108 valence electrons. The fourth-order valence-corrected chi connectivity index (χ4v) is 2.59. The summed E-state index contributed by atoms with van der Waals surface area (Å²) in [7, 11) is 0. The van der Waals surface area contributed by atoms with E-state index in [4.69, 9.17) is 5.73 Å². The van der Waals surface area contributed by atoms with E-state index in [1.807, 2.05) is 4.90 Å². The lowest BCUT2D eigenvalue weighted by Crippen LogP contribution is -2.32. The molecular formula is C16H22N2O2. The van der Waals surface area contributed by atoms with Gasteiger partial charge < -0.3 is 10.6 Å². The monoisotopic (exact) mass is 274 g/mol. The highest BCUT2D eigenvalue weighted by Gasteiger charge is 2.25. The summed E-state index contributed by atoms with van der Waals surface area (Å²) in [6.07, 6.45) is 3.22. The molecule has 0 aliphatic carbocycles. The van der Waals surface area contributed by atoms with Gasteiger partial charge in [0.2, 0.25) is 5.91 Å². The second kappa shape index (κ2) is 5.65. The average molecular weight is 274 g/mol. The molecule has 2 amide bonds. The van der Waals surface area contributed by atoms with Crippen LogP contribution in [0.3, 0.4) is 0 Å². The van der Waals surface area contributed by atoms with Crippen LogP contribution in [0.4, 0.5) is 0 Å². The standard InChI is InChI=1S/C16H22N2O2/c1-16(2)8-3-10-18(11-9-16)15(20)13-6-4-12(5-7-13)14(17)19/h4-7H,3,8-11H2,1-2H3,(H2,17,19). The van der Waals surface area contributed by atoms with Gasteiger partial charge in [-0.25, -0.2) is 0 Å². The van der Waals surface area contributed by atoms with E-state index < -0.39 is 5.91 Å². The van der Waals surface area contributed by atoms with E-state index in [0.717, 1.165) is 32.4 Å². The summed E-state index contributed by atoms with van der Waals surface area (Å²) in [5.41, 5.74) is 6.56. The Labute approximate surface area is 119 Å². The minimum absolute atomic E-state index is 0.0405. The normalized spacial score (nSPS) is 18.4. The minimum Gasteiger partial charge on any atom is -0.366 e. The fourth-order valence-electron chi connectivity index (χ4n) is 2.59. The number of likely N-dealkylation sites (tertiary alicyclic amines) is 1. The van der Waals surface area contributed by atoms with Crippen LogP contribution in [0.2, 0.25) is 0 Å². The second-order valence-electron chi connectivity index (χ2n) is 6.25. The van der Waals surface area contributed by atoms with Gasteiger partial charge in [-0.15, -0.1) is 0 Å². The number of nitrogens with two attached hydrogens (primary N) is 1. The van der Waals surface area contributed by atoms with E-state index in [-0.39, 0.29) is 5.91 Å². The number of rotatable bonds is 2. The van der Waals surface area contributed by atoms with E-state index in [9.17, 15) is 9.59 Å². The molecule has 0 atom stereocenters. The highest BCUT2D eigenvalue weighted by atomic mass is 16.2. The lowest BCUT2D eigenvalue weighted by Gasteiger charge is -2.23. The van der Waals surface area contributed by atoms with Crippen molar-refractivity contribution in [3.05, 3.63) is 35.4 Å². The van der Waals surface area contributed by atoms with Gasteiger partial charge in [0.15, 0.2) is 0 Å². The van der Waals surface area contributed by atoms with Crippen molar-refractivity contribution in [1.82, 2.24) is 4.90 Å². The summed E-state index contributed by atoms with van der Waals surface area (Å²) < 4.78 is 0. The van der Waals surface area contributed by atoms with Gasteiger partial charge in [-0.2, -0.15) is 0 Å². The summed E-state index contributed by atoms with van der Waals surface area (Å²) in [5.74, 6) is -0.431. The lowest BCUT2D eigenvalue weighted by molar-refractivity contribution is 0.0757. The molecule has 1 aliphatic rings. The number of hydrogen-bond acceptors (Lipinski definition) is 2. The zero-order chi connectivity index (χ0) is 14.8. The average Bonchev–Trinajstić information content (AvgIpc) is 2.59. The molecule has 4 nitrogen and oxygen atoms in total. The molecule has 0 unspecified atom stereocenters. The fraction of sp³-hybridized carbons (Fsp3) is 0.500. The molecule has 1 saturated heterocycles. The Morgan fingerprint density at radius 1 is 1.05 bits per heavy atom. The minimum atomic E-state index is -0.472. The molecule has 0 bridgehead atoms. The molecule has 1 aliphatic heterocycles. The summed E-state index contributed by atoms with van der Waals surface area (Å²) >= 11 is 0. The van der Waals surface area contributed by atoms with Gasteiger partial charge in [-0.05, 0) is 48.9 Å². The van der Waals surface area contributed by atoms with Gasteiger partial charge in [0.1, 0.15) is 0 Å². The van der Waals surface area contributed by atoms with Crippen LogP contribution in [0.1, 0.15) is 53.8 Å². The Morgan fingerprint density at radius 3 is 2.25 bits per heavy atom. The van der Waals surface area contributed by atoms with Crippen molar-refractivity contribution >= 4 is 11.8 Å². The number of benzene rings is 1. The first kappa shape index (κ1) is 14.6. The Morgan fingerprint density at radius 2 is 1.65 bits per heavy atom. The molecule has 0 saturated carbocycles. The van der Waals surface area contributed by atoms with Gasteiger partial charge in [0.25, 0.3) is 5.91 Å². The first-order chi connectivity index (χ1) is 9.39. The Bertz CT molecular complexity index is 506. The second-order valence-corrected chi connectivity index (χ2v) is 6.25. The van der Waals surface area contributed by atoms with Crippen LogP contribution >= 0.6 is 0 Å². The zero-order valence-corrected chi connectivity index (χ0v) is 12.2. The third kappa shape index (κ3) is 3.38. The van der Waals surface area contributed by atoms with E-state index >= 15 is 0 Å². The van der Waals surface area contributed by atoms with E-state index in [1.165, 1.54) is 0 Å². The van der Waals surface area contributed by atoms with Gasteiger partial charge >= 0.3 is 0 Å². The summed E-state index contributed by atoms with van der Waals surface area (Å²) in [4.78, 5) is 25.4. The predicted octanol–water partition coefficient (Wildman–Crippen LogP) is 2.44. The first-order valence-electron chi connectivity index (χ1n) is 7.08. The maximum absolute atomic E-state index is 12.5. The third-order valence-corrected chi connectivity index (χ3v) is 4.04. The summed E-state index contributed by atoms with van der Waals surface area (Å²) in [5, 5.41) is 0. The predicted molar refractivity (Wildman–Crippen MR) is 78.5 cm³/mol. The topological polar surface area (TPSA) is 63.4 Å². The van der Waals surface area contributed by atoms with Crippen LogP contribution in [0.15, 0.2) is 24.3 Å². The van der Waals surface area contributed by atoms with Crippen molar-refractivity contribution in [2.75, 3.05) is 13.1 Å². The molecule has 20 heavy (non-hydrogen) atoms. The van der Waals surface area contributed by atoms with Gasteiger partial charge in [-0.3, -0.25) is 9.59 Å². The molecule has 1 fully saturated rings. The molecular weight excluding hydrogens is 252 g/mol. The number of carbonyl (C=O) groups excluding carboxylic acids is 2. The quantitative estimate of drug-likeness (QED) is 0.900. The van der Waals surface area contributed by atoms with Crippen molar-refractivity contribution in [3.63, 3.8) is 0 Å². The summed E-state index contributed by atoms with van der Waals surface area (Å²) in [6.45, 7) is 6.11. The first-order valence-corrected chi connectivity index (χ1v) is 7.08. The Balaban J connectivity index is 2.09. The van der Waals surface area contributed by atoms with Crippen LogP contribution in [-0.4, -0.2) is 29.8 Å². The third-order valence-electron chi connectivity index (χ3n) is 4.04. The van der Waals surface area contributed by atoms with Crippen LogP contribution in [0.5, 0.6) is 0 Å². The number of nitrogens with zero attached hydrogens (tertiary/aromatic N) is 1. The molecule has 1 aromatic carbocycles. The number of carbonyl (C=O) groups is 2. The van der Waals surface area contributed by atoms with Crippen LogP contribution in [-0.2, 0) is 0 Å². The zero-order valence-electron chi connectivity index (χ0n) is 12.2. The van der Waals surface area contributed by atoms with Crippen molar-refractivity contribution in [2.45, 2.75) is 33.1 Å². The number of primary amides is 1. The van der Waals surface area contributed by atoms with E-state index in [1.54, 1.807) is 24.3 Å². The lowest BCUT2D eigenvalue weighted by atomic mass is 9.85. The van der Waals surface area contributed by atoms with Crippen molar-refractivity contribution in [1.29, 1.82) is 0 Å². The molecule has 2 rings (SSSR count). The van der Waals surface area contributed by atoms with Gasteiger partial charge in [0.05, 0.1) is 0 Å². The van der Waals surface area contributed by atoms with Crippen molar-refractivity contribution < 1.29 is 9.59 Å². The molecule has 0 radical (unpaired) electrons. The number of amides is 2. The molecule has 1 aromatic rings. The molecule has 0 spiro atoms. The Kier molecular flexibility index (Phi) is 4.12. The van der Waals surface area contributed by atoms with Crippen LogP contribution < -0.4 is 5.73 Å². The maximum atomic E-state index is 12.5. The highest BCUT2D eigenvalue weighted by molar-refractivity contribution is 5.97. The van der Waals surface area contributed by atoms with Crippen molar-refractivity contribution in [2.24, 2.45) is 11.1 Å². The van der Waals surface area contributed by atoms with E-state index in [2.05, 4.69) is 13.8 Å². The molecule has 0 aromatic heterocycles. The van der Waals surface area contributed by atoms with Crippen LogP contribution in [0, 0.1) is 5.41 Å². The molecule has 2 N–H and O–H groups in total. The maximum Gasteiger partial charge on any atom is 0.253 e. The van der Waals surface area contributed by atoms with Gasteiger partial charge in [-0.1, -0.05) is 13.8 Å². The smallest absolute Gasteiger partial charge is 0.253 e. The molecule has 4 heteroatoms. The SMILES string of the molecule is CC1(C)CCCN(C(=O)c2ccc(C(N)=O)cc2)CC1. The Hall–Kier alpha value is -1.84. The van der Waals surface area contributed by atoms with Gasteiger partial charge in [0, 0.05) is 24.2 Å².